The van der Waals surface area contributed by atoms with Gasteiger partial charge in [0, 0.05) is 6.04 Å². The molecule has 0 spiro atoms. The van der Waals surface area contributed by atoms with Crippen molar-refractivity contribution in [2.24, 2.45) is 5.92 Å². The zero-order valence-corrected chi connectivity index (χ0v) is 12.4. The molecule has 3 nitrogen and oxygen atoms in total. The van der Waals surface area contributed by atoms with E-state index >= 15 is 0 Å². The van der Waals surface area contributed by atoms with Gasteiger partial charge in [-0.2, -0.15) is 0 Å². The molecule has 104 valence electrons. The zero-order chi connectivity index (χ0) is 14.0. The molecule has 0 amide bonds. The topological polar surface area (TPSA) is 49.3 Å². The van der Waals surface area contributed by atoms with Gasteiger partial charge in [-0.15, -0.1) is 0 Å². The van der Waals surface area contributed by atoms with Crippen molar-refractivity contribution in [3.63, 3.8) is 0 Å². The summed E-state index contributed by atoms with van der Waals surface area (Å²) in [6, 6.07) is 3.37. The van der Waals surface area contributed by atoms with Crippen LogP contribution in [0.1, 0.15) is 25.7 Å². The molecule has 0 heterocycles. The van der Waals surface area contributed by atoms with Crippen LogP contribution in [0.25, 0.3) is 0 Å². The van der Waals surface area contributed by atoms with E-state index in [0.29, 0.717) is 27.2 Å². The lowest BCUT2D eigenvalue weighted by Crippen LogP contribution is -2.31. The largest absolute Gasteiger partial charge is 0.481 e. The van der Waals surface area contributed by atoms with Gasteiger partial charge in [-0.05, 0) is 31.4 Å². The molecule has 1 aromatic rings. The number of halogens is 3. The standard InChI is InChI=1S/C13H14Cl3NO2/c14-9-5-11(16)12(6-10(9)15)17-8-3-1-2-7(4-8)13(18)19/h5-8,17H,1-4H2,(H,18,19). The molecule has 0 radical (unpaired) electrons. The molecule has 2 N–H and O–H groups in total. The molecule has 0 aromatic heterocycles. The van der Waals surface area contributed by atoms with Crippen LogP contribution in [-0.2, 0) is 4.79 Å². The summed E-state index contributed by atoms with van der Waals surface area (Å²) in [7, 11) is 0. The molecule has 19 heavy (non-hydrogen) atoms. The number of hydrogen-bond acceptors (Lipinski definition) is 2. The number of carboxylic acids is 1. The summed E-state index contributed by atoms with van der Waals surface area (Å²) in [5.74, 6) is -1.01. The van der Waals surface area contributed by atoms with Gasteiger partial charge in [-0.25, -0.2) is 0 Å². The Morgan fingerprint density at radius 2 is 1.84 bits per heavy atom. The second kappa shape index (κ2) is 6.21. The molecule has 0 aliphatic heterocycles. The van der Waals surface area contributed by atoms with Gasteiger partial charge < -0.3 is 10.4 Å². The summed E-state index contributed by atoms with van der Waals surface area (Å²) in [6.45, 7) is 0. The van der Waals surface area contributed by atoms with E-state index in [1.54, 1.807) is 12.1 Å². The minimum absolute atomic E-state index is 0.101. The van der Waals surface area contributed by atoms with Gasteiger partial charge in [0.2, 0.25) is 0 Å². The third-order valence-corrected chi connectivity index (χ3v) is 4.43. The van der Waals surface area contributed by atoms with Gasteiger partial charge in [0.15, 0.2) is 0 Å². The van der Waals surface area contributed by atoms with Crippen LogP contribution in [0.4, 0.5) is 5.69 Å². The van der Waals surface area contributed by atoms with E-state index in [1.165, 1.54) is 0 Å². The first kappa shape index (κ1) is 14.8. The van der Waals surface area contributed by atoms with Crippen molar-refractivity contribution in [1.82, 2.24) is 0 Å². The second-order valence-electron chi connectivity index (χ2n) is 4.79. The van der Waals surface area contributed by atoms with Crippen LogP contribution in [0.2, 0.25) is 15.1 Å². The third kappa shape index (κ3) is 3.68. The number of carboxylic acid groups (broad SMARTS) is 1. The van der Waals surface area contributed by atoms with Gasteiger partial charge in [0.25, 0.3) is 0 Å². The summed E-state index contributed by atoms with van der Waals surface area (Å²) >= 11 is 17.9. The van der Waals surface area contributed by atoms with Crippen LogP contribution in [0.5, 0.6) is 0 Å². The number of nitrogens with one attached hydrogen (secondary N) is 1. The highest BCUT2D eigenvalue weighted by atomic mass is 35.5. The molecule has 1 aliphatic carbocycles. The normalized spacial score (nSPS) is 23.1. The van der Waals surface area contributed by atoms with Crippen molar-refractivity contribution >= 4 is 46.5 Å². The summed E-state index contributed by atoms with van der Waals surface area (Å²) in [5, 5.41) is 13.7. The fraction of sp³-hybridized carbons (Fsp3) is 0.462. The number of carbonyl (C=O) groups is 1. The summed E-state index contributed by atoms with van der Waals surface area (Å²) in [4.78, 5) is 11.0. The summed E-state index contributed by atoms with van der Waals surface area (Å²) in [5.41, 5.74) is 0.701. The molecule has 2 unspecified atom stereocenters. The first-order valence-corrected chi connectivity index (χ1v) is 7.24. The minimum Gasteiger partial charge on any atom is -0.481 e. The maximum Gasteiger partial charge on any atom is 0.306 e. The van der Waals surface area contributed by atoms with Crippen molar-refractivity contribution in [3.05, 3.63) is 27.2 Å². The molecule has 1 aliphatic rings. The molecule has 6 heteroatoms. The molecule has 1 saturated carbocycles. The molecule has 2 atom stereocenters. The Bertz CT molecular complexity index is 493. The van der Waals surface area contributed by atoms with Crippen LogP contribution < -0.4 is 5.32 Å². The zero-order valence-electron chi connectivity index (χ0n) is 10.1. The summed E-state index contributed by atoms with van der Waals surface area (Å²) < 4.78 is 0. The first-order valence-electron chi connectivity index (χ1n) is 6.11. The van der Waals surface area contributed by atoms with Crippen molar-refractivity contribution in [1.29, 1.82) is 0 Å². The van der Waals surface area contributed by atoms with Crippen LogP contribution >= 0.6 is 34.8 Å². The lowest BCUT2D eigenvalue weighted by molar-refractivity contribution is -0.142. The fourth-order valence-electron chi connectivity index (χ4n) is 2.40. The lowest BCUT2D eigenvalue weighted by atomic mass is 9.85. The van der Waals surface area contributed by atoms with Gasteiger partial charge in [-0.1, -0.05) is 41.2 Å². The molecule has 0 saturated heterocycles. The highest BCUT2D eigenvalue weighted by Crippen LogP contribution is 2.34. The number of aliphatic carboxylic acids is 1. The van der Waals surface area contributed by atoms with E-state index in [0.717, 1.165) is 19.3 Å². The highest BCUT2D eigenvalue weighted by molar-refractivity contribution is 6.44. The molecular weight excluding hydrogens is 309 g/mol. The molecule has 2 rings (SSSR count). The SMILES string of the molecule is O=C(O)C1CCCC(Nc2cc(Cl)c(Cl)cc2Cl)C1. The van der Waals surface area contributed by atoms with E-state index < -0.39 is 5.97 Å². The van der Waals surface area contributed by atoms with Gasteiger partial charge in [0.1, 0.15) is 0 Å². The lowest BCUT2D eigenvalue weighted by Gasteiger charge is -2.28. The van der Waals surface area contributed by atoms with Crippen LogP contribution in [-0.4, -0.2) is 17.1 Å². The Balaban J connectivity index is 2.08. The fourth-order valence-corrected chi connectivity index (χ4v) is 3.00. The molecular formula is C13H14Cl3NO2. The minimum atomic E-state index is -0.730. The van der Waals surface area contributed by atoms with Crippen LogP contribution in [0.15, 0.2) is 12.1 Å². The predicted octanol–water partition coefficient (Wildman–Crippen LogP) is 4.70. The Kier molecular flexibility index (Phi) is 4.82. The third-order valence-electron chi connectivity index (χ3n) is 3.39. The van der Waals surface area contributed by atoms with Gasteiger partial charge in [0.05, 0.1) is 26.7 Å². The maximum atomic E-state index is 11.0. The predicted molar refractivity (Wildman–Crippen MR) is 78.5 cm³/mol. The van der Waals surface area contributed by atoms with E-state index in [4.69, 9.17) is 39.9 Å². The number of rotatable bonds is 3. The average molecular weight is 323 g/mol. The van der Waals surface area contributed by atoms with Crippen LogP contribution in [0.3, 0.4) is 0 Å². The Morgan fingerprint density at radius 1 is 1.16 bits per heavy atom. The van der Waals surface area contributed by atoms with E-state index in [-0.39, 0.29) is 12.0 Å². The maximum absolute atomic E-state index is 11.0. The van der Waals surface area contributed by atoms with Crippen LogP contribution in [0, 0.1) is 5.92 Å². The smallest absolute Gasteiger partial charge is 0.306 e. The molecule has 0 bridgehead atoms. The number of benzene rings is 1. The van der Waals surface area contributed by atoms with E-state index in [2.05, 4.69) is 5.32 Å². The van der Waals surface area contributed by atoms with Gasteiger partial charge in [-0.3, -0.25) is 4.79 Å². The second-order valence-corrected chi connectivity index (χ2v) is 6.01. The van der Waals surface area contributed by atoms with Gasteiger partial charge >= 0.3 is 5.97 Å². The quantitative estimate of drug-likeness (QED) is 0.793. The monoisotopic (exact) mass is 321 g/mol. The highest BCUT2D eigenvalue weighted by Gasteiger charge is 2.27. The van der Waals surface area contributed by atoms with Crippen molar-refractivity contribution in [3.8, 4) is 0 Å². The van der Waals surface area contributed by atoms with Crippen molar-refractivity contribution in [2.75, 3.05) is 5.32 Å². The molecule has 1 fully saturated rings. The molecule has 1 aromatic carbocycles. The summed E-state index contributed by atoms with van der Waals surface area (Å²) in [6.07, 6.45) is 3.17. The average Bonchev–Trinajstić information content (AvgIpc) is 2.36. The Morgan fingerprint density at radius 3 is 2.53 bits per heavy atom. The van der Waals surface area contributed by atoms with Crippen molar-refractivity contribution < 1.29 is 9.90 Å². The number of anilines is 1. The first-order chi connectivity index (χ1) is 8.97. The van der Waals surface area contributed by atoms with Crippen molar-refractivity contribution in [2.45, 2.75) is 31.7 Å². The Hall–Kier alpha value is -0.640. The number of hydrogen-bond donors (Lipinski definition) is 2. The van der Waals surface area contributed by atoms with E-state index in [9.17, 15) is 4.79 Å². The van der Waals surface area contributed by atoms with E-state index in [1.807, 2.05) is 0 Å². The Labute approximate surface area is 126 Å².